The molecule has 2 aromatic carbocycles. The molecule has 0 atom stereocenters. The Balaban J connectivity index is 1.71. The van der Waals surface area contributed by atoms with Crippen LogP contribution in [0.1, 0.15) is 36.0 Å². The zero-order valence-corrected chi connectivity index (χ0v) is 17.3. The Morgan fingerprint density at radius 2 is 2.04 bits per heavy atom. The summed E-state index contributed by atoms with van der Waals surface area (Å²) in [5.74, 6) is -0.635. The molecule has 28 heavy (non-hydrogen) atoms. The highest BCUT2D eigenvalue weighted by atomic mass is 127. The van der Waals surface area contributed by atoms with Gasteiger partial charge in [-0.1, -0.05) is 6.07 Å². The van der Waals surface area contributed by atoms with Crippen molar-refractivity contribution in [3.8, 4) is 11.8 Å². The molecule has 0 radical (unpaired) electrons. The van der Waals surface area contributed by atoms with E-state index in [0.29, 0.717) is 30.5 Å². The van der Waals surface area contributed by atoms with Crippen LogP contribution in [-0.4, -0.2) is 30.5 Å². The maximum absolute atomic E-state index is 14.2. The summed E-state index contributed by atoms with van der Waals surface area (Å²) < 4.78 is 34.6. The highest BCUT2D eigenvalue weighted by Crippen LogP contribution is 2.27. The first kappa shape index (κ1) is 20.5. The second-order valence-corrected chi connectivity index (χ2v) is 7.89. The molecule has 1 saturated heterocycles. The lowest BCUT2D eigenvalue weighted by atomic mass is 9.99. The maximum Gasteiger partial charge on any atom is 0.222 e. The van der Waals surface area contributed by atoms with Crippen molar-refractivity contribution >= 4 is 28.5 Å². The van der Waals surface area contributed by atoms with E-state index in [1.54, 1.807) is 17.0 Å². The lowest BCUT2D eigenvalue weighted by Crippen LogP contribution is -2.26. The molecule has 0 saturated carbocycles. The molecule has 3 rings (SSSR count). The number of rotatable bonds is 7. The summed E-state index contributed by atoms with van der Waals surface area (Å²) in [6.07, 6.45) is 2.15. The van der Waals surface area contributed by atoms with E-state index in [0.717, 1.165) is 16.5 Å². The molecule has 146 valence electrons. The fourth-order valence-electron chi connectivity index (χ4n) is 3.26. The van der Waals surface area contributed by atoms with Crippen LogP contribution < -0.4 is 4.74 Å². The van der Waals surface area contributed by atoms with E-state index in [-0.39, 0.29) is 30.2 Å². The number of carbonyl (C=O) groups excluding carboxylic acids is 1. The number of hydrogen-bond acceptors (Lipinski definition) is 3. The Morgan fingerprint density at radius 3 is 2.71 bits per heavy atom. The van der Waals surface area contributed by atoms with Gasteiger partial charge in [0.25, 0.3) is 0 Å². The van der Waals surface area contributed by atoms with Crippen LogP contribution in [-0.2, 0) is 11.2 Å². The summed E-state index contributed by atoms with van der Waals surface area (Å²) in [5.41, 5.74) is 0.977. The Kier molecular flexibility index (Phi) is 6.83. The Labute approximate surface area is 176 Å². The van der Waals surface area contributed by atoms with Crippen molar-refractivity contribution in [2.75, 3.05) is 19.7 Å². The van der Waals surface area contributed by atoms with Gasteiger partial charge in [0.1, 0.15) is 23.5 Å². The first-order valence-electron chi connectivity index (χ1n) is 9.05. The van der Waals surface area contributed by atoms with E-state index in [4.69, 9.17) is 4.74 Å². The van der Waals surface area contributed by atoms with E-state index in [2.05, 4.69) is 6.07 Å². The number of hydrogen-bond donors (Lipinski definition) is 0. The van der Waals surface area contributed by atoms with Crippen LogP contribution in [0.5, 0.6) is 5.75 Å². The van der Waals surface area contributed by atoms with E-state index < -0.39 is 11.6 Å². The van der Waals surface area contributed by atoms with Crippen molar-refractivity contribution in [3.63, 3.8) is 0 Å². The van der Waals surface area contributed by atoms with Gasteiger partial charge in [-0.15, -0.1) is 0 Å². The topological polar surface area (TPSA) is 53.3 Å². The molecular weight excluding hydrogens is 477 g/mol. The van der Waals surface area contributed by atoms with Crippen molar-refractivity contribution in [2.45, 2.75) is 25.7 Å². The summed E-state index contributed by atoms with van der Waals surface area (Å²) in [6.45, 7) is 1.60. The molecule has 0 aliphatic carbocycles. The van der Waals surface area contributed by atoms with Crippen LogP contribution in [0.2, 0.25) is 0 Å². The van der Waals surface area contributed by atoms with Crippen molar-refractivity contribution in [1.29, 1.82) is 5.26 Å². The summed E-state index contributed by atoms with van der Waals surface area (Å²) in [5, 5.41) is 9.55. The SMILES string of the molecule is N#Cc1c(Cc2ccc(I)cc2F)cc(F)cc1OCCCN1CCCC1=O. The molecule has 1 aliphatic rings. The summed E-state index contributed by atoms with van der Waals surface area (Å²) in [4.78, 5) is 13.4. The molecule has 1 aliphatic heterocycles. The zero-order valence-electron chi connectivity index (χ0n) is 15.2. The standard InChI is InChI=1S/C21H19F2IN2O2/c22-16-10-15(9-14-4-5-17(24)12-19(14)23)18(13-25)20(11-16)28-8-2-7-26-6-1-3-21(26)27/h4-5,10-12H,1-3,6-9H2. The molecule has 0 unspecified atom stereocenters. The van der Waals surface area contributed by atoms with E-state index in [9.17, 15) is 18.8 Å². The minimum atomic E-state index is -0.537. The summed E-state index contributed by atoms with van der Waals surface area (Å²) in [7, 11) is 0. The van der Waals surface area contributed by atoms with E-state index in [1.807, 2.05) is 22.6 Å². The largest absolute Gasteiger partial charge is 0.492 e. The maximum atomic E-state index is 14.2. The average molecular weight is 496 g/mol. The number of likely N-dealkylation sites (tertiary alicyclic amines) is 1. The average Bonchev–Trinajstić information content (AvgIpc) is 3.06. The molecule has 0 aromatic heterocycles. The van der Waals surface area contributed by atoms with Gasteiger partial charge in [0.15, 0.2) is 0 Å². The molecule has 4 nitrogen and oxygen atoms in total. The van der Waals surface area contributed by atoms with Crippen LogP contribution in [0.3, 0.4) is 0 Å². The lowest BCUT2D eigenvalue weighted by Gasteiger charge is -2.16. The van der Waals surface area contributed by atoms with Crippen LogP contribution in [0.15, 0.2) is 30.3 Å². The number of nitrogens with zero attached hydrogens (tertiary/aromatic N) is 2. The third-order valence-electron chi connectivity index (χ3n) is 4.66. The minimum absolute atomic E-state index is 0.0993. The van der Waals surface area contributed by atoms with Gasteiger partial charge in [0.2, 0.25) is 5.91 Å². The number of ether oxygens (including phenoxy) is 1. The normalized spacial score (nSPS) is 13.6. The fraction of sp³-hybridized carbons (Fsp3) is 0.333. The molecular formula is C21H19F2IN2O2. The molecule has 1 heterocycles. The third-order valence-corrected chi connectivity index (χ3v) is 5.33. The zero-order chi connectivity index (χ0) is 20.1. The highest BCUT2D eigenvalue weighted by molar-refractivity contribution is 14.1. The van der Waals surface area contributed by atoms with Gasteiger partial charge in [-0.3, -0.25) is 4.79 Å². The van der Waals surface area contributed by atoms with Gasteiger partial charge in [-0.25, -0.2) is 8.78 Å². The minimum Gasteiger partial charge on any atom is -0.492 e. The predicted molar refractivity (Wildman–Crippen MR) is 109 cm³/mol. The molecule has 0 N–H and O–H groups in total. The Morgan fingerprint density at radius 1 is 1.21 bits per heavy atom. The molecule has 0 spiro atoms. The molecule has 1 fully saturated rings. The predicted octanol–water partition coefficient (Wildman–Crippen LogP) is 4.42. The number of nitriles is 1. The second-order valence-electron chi connectivity index (χ2n) is 6.65. The van der Waals surface area contributed by atoms with Crippen molar-refractivity contribution < 1.29 is 18.3 Å². The first-order chi connectivity index (χ1) is 13.5. The van der Waals surface area contributed by atoms with Crippen LogP contribution in [0.25, 0.3) is 0 Å². The van der Waals surface area contributed by atoms with Crippen LogP contribution in [0.4, 0.5) is 8.78 Å². The second kappa shape index (κ2) is 9.32. The van der Waals surface area contributed by atoms with Gasteiger partial charge < -0.3 is 9.64 Å². The Hall–Kier alpha value is -2.21. The molecule has 2 aromatic rings. The van der Waals surface area contributed by atoms with Gasteiger partial charge in [-0.05, 0) is 64.8 Å². The smallest absolute Gasteiger partial charge is 0.222 e. The third kappa shape index (κ3) is 4.98. The van der Waals surface area contributed by atoms with Gasteiger partial charge in [-0.2, -0.15) is 5.26 Å². The summed E-state index contributed by atoms with van der Waals surface area (Å²) >= 11 is 2.01. The summed E-state index contributed by atoms with van der Waals surface area (Å²) in [6, 6.07) is 9.27. The monoisotopic (exact) mass is 496 g/mol. The van der Waals surface area contributed by atoms with Crippen LogP contribution >= 0.6 is 22.6 Å². The number of benzene rings is 2. The fourth-order valence-corrected chi connectivity index (χ4v) is 3.72. The molecule has 1 amide bonds. The van der Waals surface area contributed by atoms with E-state index >= 15 is 0 Å². The molecule has 7 heteroatoms. The van der Waals surface area contributed by atoms with Crippen molar-refractivity contribution in [1.82, 2.24) is 4.90 Å². The van der Waals surface area contributed by atoms with Crippen molar-refractivity contribution in [2.24, 2.45) is 0 Å². The first-order valence-corrected chi connectivity index (χ1v) is 10.1. The van der Waals surface area contributed by atoms with Gasteiger partial charge >= 0.3 is 0 Å². The van der Waals surface area contributed by atoms with Crippen molar-refractivity contribution in [3.05, 3.63) is 62.2 Å². The quantitative estimate of drug-likeness (QED) is 0.422. The van der Waals surface area contributed by atoms with Crippen LogP contribution in [0, 0.1) is 26.5 Å². The Bertz CT molecular complexity index is 927. The number of amides is 1. The van der Waals surface area contributed by atoms with Gasteiger partial charge in [0.05, 0.1) is 12.2 Å². The number of carbonyl (C=O) groups is 1. The highest BCUT2D eigenvalue weighted by Gasteiger charge is 2.19. The number of halogens is 3. The molecule has 0 bridgehead atoms. The van der Waals surface area contributed by atoms with Gasteiger partial charge in [0, 0.05) is 35.6 Å². The van der Waals surface area contributed by atoms with E-state index in [1.165, 1.54) is 18.2 Å². The lowest BCUT2D eigenvalue weighted by molar-refractivity contribution is -0.127.